The fourth-order valence-corrected chi connectivity index (χ4v) is 3.90. The summed E-state index contributed by atoms with van der Waals surface area (Å²) in [5.74, 6) is 1.45. The third-order valence-corrected chi connectivity index (χ3v) is 5.24. The molecule has 0 bridgehead atoms. The Kier molecular flexibility index (Phi) is 5.47. The number of hydrogen-bond donors (Lipinski definition) is 2. The summed E-state index contributed by atoms with van der Waals surface area (Å²) < 4.78 is 32.1. The van der Waals surface area contributed by atoms with Crippen molar-refractivity contribution in [1.82, 2.24) is 5.32 Å². The number of hydrogen-bond acceptors (Lipinski definition) is 4. The third kappa shape index (κ3) is 4.89. The number of anilines is 1. The van der Waals surface area contributed by atoms with E-state index in [2.05, 4.69) is 10.0 Å². The van der Waals surface area contributed by atoms with Gasteiger partial charge in [-0.25, -0.2) is 8.42 Å². The molecule has 0 unspecified atom stereocenters. The molecule has 21 heavy (non-hydrogen) atoms. The van der Waals surface area contributed by atoms with Gasteiger partial charge in [-0.05, 0) is 69.0 Å². The largest absolute Gasteiger partial charge is 0.496 e. The van der Waals surface area contributed by atoms with Crippen molar-refractivity contribution in [3.8, 4) is 5.75 Å². The van der Waals surface area contributed by atoms with E-state index in [0.29, 0.717) is 11.6 Å². The summed E-state index contributed by atoms with van der Waals surface area (Å²) in [6.07, 6.45) is 2.86. The summed E-state index contributed by atoms with van der Waals surface area (Å²) in [6.45, 7) is 3.89. The molecule has 0 amide bonds. The van der Waals surface area contributed by atoms with Crippen molar-refractivity contribution in [1.29, 1.82) is 0 Å². The molecule has 0 aliphatic carbocycles. The van der Waals surface area contributed by atoms with Gasteiger partial charge < -0.3 is 10.1 Å². The SMILES string of the molecule is COc1ccc(NS(=O)(=O)CCC2CCNCC2)cc1C. The maximum atomic E-state index is 12.2. The first kappa shape index (κ1) is 16.1. The highest BCUT2D eigenvalue weighted by Crippen LogP contribution is 2.23. The molecular weight excluding hydrogens is 288 g/mol. The minimum absolute atomic E-state index is 0.183. The Morgan fingerprint density at radius 2 is 2.05 bits per heavy atom. The second kappa shape index (κ2) is 7.13. The summed E-state index contributed by atoms with van der Waals surface area (Å²) in [4.78, 5) is 0. The van der Waals surface area contributed by atoms with Crippen molar-refractivity contribution in [2.24, 2.45) is 5.92 Å². The van der Waals surface area contributed by atoms with Crippen molar-refractivity contribution in [2.45, 2.75) is 26.2 Å². The monoisotopic (exact) mass is 312 g/mol. The lowest BCUT2D eigenvalue weighted by molar-refractivity contribution is 0.365. The van der Waals surface area contributed by atoms with E-state index in [-0.39, 0.29) is 5.75 Å². The highest BCUT2D eigenvalue weighted by molar-refractivity contribution is 7.92. The van der Waals surface area contributed by atoms with Gasteiger partial charge in [0.2, 0.25) is 10.0 Å². The van der Waals surface area contributed by atoms with Crippen molar-refractivity contribution in [3.63, 3.8) is 0 Å². The molecule has 1 heterocycles. The van der Waals surface area contributed by atoms with Crippen LogP contribution >= 0.6 is 0 Å². The van der Waals surface area contributed by atoms with Crippen LogP contribution in [0.3, 0.4) is 0 Å². The van der Waals surface area contributed by atoms with E-state index in [1.165, 1.54) is 0 Å². The molecule has 5 nitrogen and oxygen atoms in total. The Hall–Kier alpha value is -1.27. The number of piperidine rings is 1. The van der Waals surface area contributed by atoms with Crippen LogP contribution < -0.4 is 14.8 Å². The fourth-order valence-electron chi connectivity index (χ4n) is 2.66. The van der Waals surface area contributed by atoms with Gasteiger partial charge >= 0.3 is 0 Å². The van der Waals surface area contributed by atoms with Crippen LogP contribution in [0.5, 0.6) is 5.75 Å². The Balaban J connectivity index is 1.92. The summed E-state index contributed by atoms with van der Waals surface area (Å²) in [6, 6.07) is 5.30. The molecule has 2 rings (SSSR count). The first-order valence-electron chi connectivity index (χ1n) is 7.36. The number of benzene rings is 1. The van der Waals surface area contributed by atoms with Gasteiger partial charge in [-0.1, -0.05) is 0 Å². The van der Waals surface area contributed by atoms with Gasteiger partial charge in [-0.15, -0.1) is 0 Å². The number of sulfonamides is 1. The van der Waals surface area contributed by atoms with Crippen LogP contribution in [-0.2, 0) is 10.0 Å². The molecule has 1 fully saturated rings. The van der Waals surface area contributed by atoms with Crippen molar-refractivity contribution in [2.75, 3.05) is 30.7 Å². The van der Waals surface area contributed by atoms with Gasteiger partial charge in [-0.3, -0.25) is 4.72 Å². The molecule has 2 N–H and O–H groups in total. The van der Waals surface area contributed by atoms with Gasteiger partial charge in [0.1, 0.15) is 5.75 Å². The number of methoxy groups -OCH3 is 1. The molecule has 118 valence electrons. The number of rotatable bonds is 6. The molecule has 0 atom stereocenters. The first-order valence-corrected chi connectivity index (χ1v) is 9.01. The van der Waals surface area contributed by atoms with Gasteiger partial charge in [0.25, 0.3) is 0 Å². The second-order valence-electron chi connectivity index (χ2n) is 5.59. The van der Waals surface area contributed by atoms with Crippen LogP contribution in [0, 0.1) is 12.8 Å². The van der Waals surface area contributed by atoms with Crippen LogP contribution in [0.15, 0.2) is 18.2 Å². The molecule has 0 spiro atoms. The Morgan fingerprint density at radius 3 is 2.67 bits per heavy atom. The first-order chi connectivity index (χ1) is 10.00. The lowest BCUT2D eigenvalue weighted by Gasteiger charge is -2.22. The Bertz CT molecular complexity index is 566. The highest BCUT2D eigenvalue weighted by Gasteiger charge is 2.18. The van der Waals surface area contributed by atoms with Crippen LogP contribution in [0.4, 0.5) is 5.69 Å². The summed E-state index contributed by atoms with van der Waals surface area (Å²) >= 11 is 0. The van der Waals surface area contributed by atoms with Crippen molar-refractivity contribution < 1.29 is 13.2 Å². The molecule has 0 saturated carbocycles. The van der Waals surface area contributed by atoms with Crippen LogP contribution in [0.2, 0.25) is 0 Å². The zero-order valence-corrected chi connectivity index (χ0v) is 13.5. The Labute approximate surface area is 127 Å². The lowest BCUT2D eigenvalue weighted by Crippen LogP contribution is -2.29. The molecule has 0 radical (unpaired) electrons. The van der Waals surface area contributed by atoms with E-state index in [1.54, 1.807) is 25.3 Å². The van der Waals surface area contributed by atoms with E-state index in [4.69, 9.17) is 4.74 Å². The fraction of sp³-hybridized carbons (Fsp3) is 0.600. The molecule has 1 aliphatic heterocycles. The molecule has 1 aliphatic rings. The van der Waals surface area contributed by atoms with Gasteiger partial charge in [-0.2, -0.15) is 0 Å². The zero-order chi connectivity index (χ0) is 15.3. The van der Waals surface area contributed by atoms with E-state index in [9.17, 15) is 8.42 Å². The highest BCUT2D eigenvalue weighted by atomic mass is 32.2. The van der Waals surface area contributed by atoms with Gasteiger partial charge in [0.15, 0.2) is 0 Å². The third-order valence-electron chi connectivity index (χ3n) is 3.92. The maximum absolute atomic E-state index is 12.2. The minimum atomic E-state index is -3.28. The lowest BCUT2D eigenvalue weighted by atomic mass is 9.96. The quantitative estimate of drug-likeness (QED) is 0.844. The van der Waals surface area contributed by atoms with E-state index in [0.717, 1.165) is 43.7 Å². The van der Waals surface area contributed by atoms with Gasteiger partial charge in [0, 0.05) is 5.69 Å². The molecular formula is C15H24N2O3S. The van der Waals surface area contributed by atoms with Crippen molar-refractivity contribution in [3.05, 3.63) is 23.8 Å². The summed E-state index contributed by atoms with van der Waals surface area (Å²) in [5, 5.41) is 3.29. The van der Waals surface area contributed by atoms with Crippen molar-refractivity contribution >= 4 is 15.7 Å². The zero-order valence-electron chi connectivity index (χ0n) is 12.7. The number of nitrogens with one attached hydrogen (secondary N) is 2. The average molecular weight is 312 g/mol. The van der Waals surface area contributed by atoms with Crippen LogP contribution in [0.1, 0.15) is 24.8 Å². The molecule has 1 saturated heterocycles. The predicted molar refractivity (Wildman–Crippen MR) is 85.4 cm³/mol. The summed E-state index contributed by atoms with van der Waals surface area (Å²) in [5.41, 5.74) is 1.51. The average Bonchev–Trinajstić information content (AvgIpc) is 2.46. The van der Waals surface area contributed by atoms with E-state index >= 15 is 0 Å². The number of ether oxygens (including phenoxy) is 1. The molecule has 1 aromatic carbocycles. The maximum Gasteiger partial charge on any atom is 0.232 e. The topological polar surface area (TPSA) is 67.4 Å². The molecule has 0 aromatic heterocycles. The standard InChI is InChI=1S/C15H24N2O3S/c1-12-11-14(3-4-15(12)20-2)17-21(18,19)10-7-13-5-8-16-9-6-13/h3-4,11,13,16-17H,5-10H2,1-2H3. The minimum Gasteiger partial charge on any atom is -0.496 e. The predicted octanol–water partition coefficient (Wildman–Crippen LogP) is 2.14. The van der Waals surface area contributed by atoms with E-state index < -0.39 is 10.0 Å². The number of aryl methyl sites for hydroxylation is 1. The Morgan fingerprint density at radius 1 is 1.33 bits per heavy atom. The normalized spacial score (nSPS) is 16.7. The second-order valence-corrected chi connectivity index (χ2v) is 7.43. The molecule has 6 heteroatoms. The van der Waals surface area contributed by atoms with Crippen LogP contribution in [0.25, 0.3) is 0 Å². The van der Waals surface area contributed by atoms with Gasteiger partial charge in [0.05, 0.1) is 12.9 Å². The summed E-state index contributed by atoms with van der Waals surface area (Å²) in [7, 11) is -1.68. The smallest absolute Gasteiger partial charge is 0.232 e. The van der Waals surface area contributed by atoms with E-state index in [1.807, 2.05) is 6.92 Å². The molecule has 1 aromatic rings. The van der Waals surface area contributed by atoms with Crippen LogP contribution in [-0.4, -0.2) is 34.4 Å².